The molecule has 1 aromatic rings. The molecule has 0 aliphatic carbocycles. The van der Waals surface area contributed by atoms with Crippen LogP contribution < -0.4 is 4.65 Å². The van der Waals surface area contributed by atoms with Crippen molar-refractivity contribution in [3.8, 4) is 5.75 Å². The molecule has 12 heavy (non-hydrogen) atoms. The van der Waals surface area contributed by atoms with E-state index in [1.807, 2.05) is 12.1 Å². The highest BCUT2D eigenvalue weighted by Crippen LogP contribution is 2.11. The second-order valence-electron chi connectivity index (χ2n) is 2.35. The van der Waals surface area contributed by atoms with Crippen LogP contribution >= 0.6 is 0 Å². The van der Waals surface area contributed by atoms with E-state index in [9.17, 15) is 0 Å². The molecule has 1 aromatic carbocycles. The van der Waals surface area contributed by atoms with Crippen molar-refractivity contribution in [3.63, 3.8) is 0 Å². The minimum absolute atomic E-state index is 0.288. The molecule has 0 aromatic heterocycles. The lowest BCUT2D eigenvalue weighted by Gasteiger charge is -2.02. The quantitative estimate of drug-likeness (QED) is 0.660. The molecule has 64 valence electrons. The molecule has 0 atom stereocenters. The van der Waals surface area contributed by atoms with Crippen molar-refractivity contribution in [2.45, 2.75) is 6.61 Å². The van der Waals surface area contributed by atoms with Crippen LogP contribution in [0.2, 0.25) is 0 Å². The molecule has 0 saturated heterocycles. The molecule has 0 saturated carbocycles. The molecule has 0 bridgehead atoms. The fraction of sp³-hybridized carbons (Fsp3) is 0.250. The van der Waals surface area contributed by atoms with Crippen molar-refractivity contribution in [3.05, 3.63) is 29.8 Å². The van der Waals surface area contributed by atoms with Crippen molar-refractivity contribution in [1.29, 1.82) is 0 Å². The van der Waals surface area contributed by atoms with Crippen molar-refractivity contribution in [1.82, 2.24) is 0 Å². The van der Waals surface area contributed by atoms with Crippen LogP contribution in [0.3, 0.4) is 0 Å². The maximum absolute atomic E-state index is 8.45. The van der Waals surface area contributed by atoms with Gasteiger partial charge in [-0.15, -0.1) is 0 Å². The molecular weight excluding hydrogens is 155 g/mol. The maximum atomic E-state index is 8.45. The largest absolute Gasteiger partial charge is 0.539 e. The Morgan fingerprint density at radius 2 is 2.00 bits per heavy atom. The van der Waals surface area contributed by atoms with E-state index in [0.29, 0.717) is 12.4 Å². The summed E-state index contributed by atoms with van der Waals surface area (Å²) in [6.07, 6.45) is 0. The van der Waals surface area contributed by atoms with Crippen LogP contribution in [0.1, 0.15) is 5.56 Å². The molecule has 0 heterocycles. The zero-order chi connectivity index (χ0) is 8.81. The Morgan fingerprint density at radius 1 is 1.33 bits per heavy atom. The number of rotatable bonds is 4. The van der Waals surface area contributed by atoms with E-state index in [-0.39, 0.29) is 7.69 Å². The van der Waals surface area contributed by atoms with Gasteiger partial charge in [0.15, 0.2) is 0 Å². The zero-order valence-corrected chi connectivity index (χ0v) is 6.99. The first-order chi connectivity index (χ1) is 5.86. The fourth-order valence-electron chi connectivity index (χ4n) is 0.923. The number of hydrogen-bond donors (Lipinski definition) is 1. The summed E-state index contributed by atoms with van der Waals surface area (Å²) in [7, 11) is 1.36. The molecule has 0 aliphatic heterocycles. The van der Waals surface area contributed by atoms with Crippen LogP contribution in [0.15, 0.2) is 24.3 Å². The molecule has 4 heteroatoms. The highest BCUT2D eigenvalue weighted by Gasteiger charge is 1.94. The summed E-state index contributed by atoms with van der Waals surface area (Å²) in [6, 6.07) is 7.39. The molecule has 0 fully saturated rings. The van der Waals surface area contributed by atoms with Gasteiger partial charge < -0.3 is 14.4 Å². The third-order valence-corrected chi connectivity index (χ3v) is 1.47. The lowest BCUT2D eigenvalue weighted by molar-refractivity contribution is 0.185. The van der Waals surface area contributed by atoms with E-state index in [1.54, 1.807) is 19.2 Å². The van der Waals surface area contributed by atoms with Crippen molar-refractivity contribution in [2.24, 2.45) is 0 Å². The van der Waals surface area contributed by atoms with E-state index < -0.39 is 0 Å². The number of methoxy groups -OCH3 is 1. The Bertz CT molecular complexity index is 197. The first-order valence-electron chi connectivity index (χ1n) is 3.68. The molecule has 3 nitrogen and oxygen atoms in total. The van der Waals surface area contributed by atoms with Gasteiger partial charge in [0, 0.05) is 7.11 Å². The van der Waals surface area contributed by atoms with Gasteiger partial charge in [-0.3, -0.25) is 0 Å². The molecule has 0 amide bonds. The van der Waals surface area contributed by atoms with E-state index >= 15 is 0 Å². The molecule has 0 aliphatic rings. The Morgan fingerprint density at radius 3 is 2.50 bits per heavy atom. The minimum Gasteiger partial charge on any atom is -0.539 e. The van der Waals surface area contributed by atoms with Gasteiger partial charge in [0.2, 0.25) is 0 Å². The second kappa shape index (κ2) is 4.80. The smallest absolute Gasteiger partial charge is 0.504 e. The normalized spacial score (nSPS) is 9.50. The Labute approximate surface area is 72.2 Å². The summed E-state index contributed by atoms with van der Waals surface area (Å²) >= 11 is 0. The molecular formula is C8H11BO3. The summed E-state index contributed by atoms with van der Waals surface area (Å²) in [5.74, 6) is 0.664. The topological polar surface area (TPSA) is 38.7 Å². The van der Waals surface area contributed by atoms with Crippen LogP contribution in [-0.4, -0.2) is 19.8 Å². The average molecular weight is 166 g/mol. The monoisotopic (exact) mass is 166 g/mol. The van der Waals surface area contributed by atoms with Gasteiger partial charge in [0.1, 0.15) is 5.75 Å². The summed E-state index contributed by atoms with van der Waals surface area (Å²) in [5, 5.41) is 8.45. The summed E-state index contributed by atoms with van der Waals surface area (Å²) in [4.78, 5) is 0. The number of ether oxygens (including phenoxy) is 1. The van der Waals surface area contributed by atoms with Gasteiger partial charge in [-0.2, -0.15) is 0 Å². The van der Waals surface area contributed by atoms with Crippen LogP contribution in [0, 0.1) is 0 Å². The SMILES string of the molecule is COCc1ccc(OBO)cc1. The van der Waals surface area contributed by atoms with Crippen LogP contribution in [0.25, 0.3) is 0 Å². The van der Waals surface area contributed by atoms with Crippen LogP contribution in [0.4, 0.5) is 0 Å². The predicted molar refractivity (Wildman–Crippen MR) is 47.2 cm³/mol. The minimum atomic E-state index is -0.288. The Hall–Kier alpha value is -0.995. The van der Waals surface area contributed by atoms with Gasteiger partial charge in [-0.05, 0) is 17.7 Å². The summed E-state index contributed by atoms with van der Waals surface area (Å²) < 4.78 is 9.79. The Kier molecular flexibility index (Phi) is 3.64. The fourth-order valence-corrected chi connectivity index (χ4v) is 0.923. The highest BCUT2D eigenvalue weighted by atomic mass is 16.5. The molecule has 1 N–H and O–H groups in total. The van der Waals surface area contributed by atoms with Gasteiger partial charge in [0.05, 0.1) is 6.61 Å². The Balaban J connectivity index is 2.58. The standard InChI is InChI=1S/C8H11BO3/c1-11-6-7-2-4-8(5-3-7)12-9-10/h2-5,9-10H,6H2,1H3. The van der Waals surface area contributed by atoms with Gasteiger partial charge in [-0.25, -0.2) is 0 Å². The third-order valence-electron chi connectivity index (χ3n) is 1.47. The summed E-state index contributed by atoms with van der Waals surface area (Å²) in [6.45, 7) is 0.597. The molecule has 0 spiro atoms. The van der Waals surface area contributed by atoms with E-state index in [2.05, 4.69) is 0 Å². The predicted octanol–water partition coefficient (Wildman–Crippen LogP) is 0.471. The van der Waals surface area contributed by atoms with E-state index in [4.69, 9.17) is 14.4 Å². The van der Waals surface area contributed by atoms with E-state index in [1.165, 1.54) is 0 Å². The van der Waals surface area contributed by atoms with Crippen molar-refractivity contribution in [2.75, 3.05) is 7.11 Å². The number of hydrogen-bond acceptors (Lipinski definition) is 3. The van der Waals surface area contributed by atoms with Gasteiger partial charge in [-0.1, -0.05) is 12.1 Å². The van der Waals surface area contributed by atoms with Crippen molar-refractivity contribution >= 4 is 7.69 Å². The first-order valence-corrected chi connectivity index (χ1v) is 3.68. The zero-order valence-electron chi connectivity index (χ0n) is 6.99. The molecule has 1 rings (SSSR count). The van der Waals surface area contributed by atoms with Crippen molar-refractivity contribution < 1.29 is 14.4 Å². The van der Waals surface area contributed by atoms with Crippen LogP contribution in [0.5, 0.6) is 5.75 Å². The van der Waals surface area contributed by atoms with E-state index in [0.717, 1.165) is 5.56 Å². The molecule has 0 unspecified atom stereocenters. The van der Waals surface area contributed by atoms with Gasteiger partial charge >= 0.3 is 7.69 Å². The van der Waals surface area contributed by atoms with Gasteiger partial charge in [0.25, 0.3) is 0 Å². The maximum Gasteiger partial charge on any atom is 0.504 e. The average Bonchev–Trinajstić information content (AvgIpc) is 2.09. The lowest BCUT2D eigenvalue weighted by atomic mass is 10.2. The first kappa shape index (κ1) is 9.10. The summed E-state index contributed by atoms with van der Waals surface area (Å²) in [5.41, 5.74) is 1.09. The lowest BCUT2D eigenvalue weighted by Crippen LogP contribution is -1.99. The molecule has 0 radical (unpaired) electrons. The second-order valence-corrected chi connectivity index (χ2v) is 2.35. The van der Waals surface area contributed by atoms with Crippen LogP contribution in [-0.2, 0) is 11.3 Å². The highest BCUT2D eigenvalue weighted by molar-refractivity contribution is 6.17. The number of benzene rings is 1. The third kappa shape index (κ3) is 2.56.